The molecule has 10 nitrogen and oxygen atoms in total. The Hall–Kier alpha value is -3.58. The number of anilines is 1. The molecule has 4 atom stereocenters. The number of piperazine rings is 1. The average Bonchev–Trinajstić information content (AvgIpc) is 3.44. The van der Waals surface area contributed by atoms with Crippen molar-refractivity contribution >= 4 is 17.0 Å². The Balaban J connectivity index is 1.44. The summed E-state index contributed by atoms with van der Waals surface area (Å²) in [6.07, 6.45) is 0.946. The standard InChI is InChI=1S/C28H37N7O3/c1-8-28(6)37-21-11-10-20(14-22(21)38-28)19(5)34-15-18(4)35(16-17(34)3)25-24-26(32(7)27(36)31-25)33(9-2)23(30-24)12-13-29/h10-11,14,17-19H,8-9,12,15-16H2,1-7H3/t17-,18+,19?,28?/m1/s1. The van der Waals surface area contributed by atoms with Crippen LogP contribution in [0.1, 0.15) is 65.4 Å². The van der Waals surface area contributed by atoms with Crippen molar-refractivity contribution in [3.63, 3.8) is 0 Å². The highest BCUT2D eigenvalue weighted by Gasteiger charge is 2.37. The lowest BCUT2D eigenvalue weighted by Gasteiger charge is -2.47. The lowest BCUT2D eigenvalue weighted by atomic mass is 10.0. The topological polar surface area (TPSA) is 101 Å². The first-order valence-corrected chi connectivity index (χ1v) is 13.5. The van der Waals surface area contributed by atoms with Gasteiger partial charge in [0.05, 0.1) is 12.5 Å². The van der Waals surface area contributed by atoms with Crippen LogP contribution in [0.25, 0.3) is 11.2 Å². The van der Waals surface area contributed by atoms with Crippen molar-refractivity contribution in [1.29, 1.82) is 5.26 Å². The molecule has 4 heterocycles. The number of fused-ring (bicyclic) bond motifs is 2. The molecule has 202 valence electrons. The molecule has 2 aromatic heterocycles. The summed E-state index contributed by atoms with van der Waals surface area (Å²) in [6, 6.07) is 8.89. The molecule has 0 bridgehead atoms. The fraction of sp³-hybridized carbons (Fsp3) is 0.571. The van der Waals surface area contributed by atoms with Gasteiger partial charge in [-0.2, -0.15) is 10.2 Å². The van der Waals surface area contributed by atoms with E-state index in [1.165, 1.54) is 10.1 Å². The van der Waals surface area contributed by atoms with E-state index in [1.54, 1.807) is 7.05 Å². The summed E-state index contributed by atoms with van der Waals surface area (Å²) in [4.78, 5) is 26.9. The second-order valence-electron chi connectivity index (χ2n) is 10.7. The van der Waals surface area contributed by atoms with Crippen LogP contribution in [0.3, 0.4) is 0 Å². The molecular weight excluding hydrogens is 482 g/mol. The molecule has 10 heteroatoms. The molecule has 2 aliphatic heterocycles. The van der Waals surface area contributed by atoms with Gasteiger partial charge in [-0.15, -0.1) is 0 Å². The van der Waals surface area contributed by atoms with Crippen LogP contribution in [0.15, 0.2) is 23.0 Å². The normalized spacial score (nSPS) is 24.1. The van der Waals surface area contributed by atoms with E-state index < -0.39 is 5.79 Å². The number of hydrogen-bond donors (Lipinski definition) is 0. The van der Waals surface area contributed by atoms with E-state index in [4.69, 9.17) is 14.5 Å². The van der Waals surface area contributed by atoms with Gasteiger partial charge in [0, 0.05) is 58.2 Å². The number of aromatic nitrogens is 4. The molecule has 0 amide bonds. The number of imidazole rings is 1. The van der Waals surface area contributed by atoms with Crippen molar-refractivity contribution in [1.82, 2.24) is 24.0 Å². The van der Waals surface area contributed by atoms with E-state index in [9.17, 15) is 10.1 Å². The van der Waals surface area contributed by atoms with E-state index >= 15 is 0 Å². The molecule has 1 saturated heterocycles. The molecule has 0 N–H and O–H groups in total. The molecule has 5 rings (SSSR count). The summed E-state index contributed by atoms with van der Waals surface area (Å²) in [5.41, 5.74) is 2.25. The summed E-state index contributed by atoms with van der Waals surface area (Å²) < 4.78 is 15.6. The first-order chi connectivity index (χ1) is 18.1. The predicted octanol–water partition coefficient (Wildman–Crippen LogP) is 3.77. The first-order valence-electron chi connectivity index (χ1n) is 13.5. The van der Waals surface area contributed by atoms with Gasteiger partial charge >= 0.3 is 5.69 Å². The van der Waals surface area contributed by atoms with E-state index in [-0.39, 0.29) is 30.2 Å². The highest BCUT2D eigenvalue weighted by Crippen LogP contribution is 2.43. The first kappa shape index (κ1) is 26.0. The van der Waals surface area contributed by atoms with Gasteiger partial charge in [0.25, 0.3) is 0 Å². The summed E-state index contributed by atoms with van der Waals surface area (Å²) >= 11 is 0. The molecular formula is C28H37N7O3. The van der Waals surface area contributed by atoms with Crippen LogP contribution in [0.2, 0.25) is 0 Å². The van der Waals surface area contributed by atoms with E-state index in [2.05, 4.69) is 60.7 Å². The molecule has 0 radical (unpaired) electrons. The molecule has 0 spiro atoms. The second-order valence-corrected chi connectivity index (χ2v) is 10.7. The third kappa shape index (κ3) is 4.19. The zero-order valence-corrected chi connectivity index (χ0v) is 23.4. The Labute approximate surface area is 223 Å². The maximum Gasteiger partial charge on any atom is 0.350 e. The van der Waals surface area contributed by atoms with Crippen molar-refractivity contribution in [2.45, 2.75) is 84.8 Å². The number of nitrogens with zero attached hydrogens (tertiary/aromatic N) is 7. The monoisotopic (exact) mass is 519 g/mol. The fourth-order valence-corrected chi connectivity index (χ4v) is 5.79. The SMILES string of the molecule is CCn1c(CC#N)nc2c(N3C[C@@H](C)N(C(C)c4ccc5c(c4)OC(C)(CC)O5)C[C@@H]3C)nc(=O)n(C)c21. The van der Waals surface area contributed by atoms with Crippen LogP contribution in [0.5, 0.6) is 11.5 Å². The molecule has 1 aromatic carbocycles. The Kier molecular flexibility index (Phi) is 6.59. The van der Waals surface area contributed by atoms with Crippen LogP contribution >= 0.6 is 0 Å². The summed E-state index contributed by atoms with van der Waals surface area (Å²) in [7, 11) is 1.71. The number of rotatable bonds is 6. The quantitative estimate of drug-likeness (QED) is 0.485. The molecule has 0 saturated carbocycles. The maximum atomic E-state index is 12.9. The van der Waals surface area contributed by atoms with E-state index in [0.717, 1.165) is 24.5 Å². The van der Waals surface area contributed by atoms with Gasteiger partial charge in [0.2, 0.25) is 5.79 Å². The van der Waals surface area contributed by atoms with Gasteiger partial charge in [-0.05, 0) is 45.4 Å². The minimum absolute atomic E-state index is 0.0973. The highest BCUT2D eigenvalue weighted by molar-refractivity contribution is 5.84. The summed E-state index contributed by atoms with van der Waals surface area (Å²) in [5.74, 6) is 2.23. The lowest BCUT2D eigenvalue weighted by Crippen LogP contribution is -2.57. The number of ether oxygens (including phenoxy) is 2. The molecule has 0 aliphatic carbocycles. The van der Waals surface area contributed by atoms with Crippen molar-refractivity contribution < 1.29 is 9.47 Å². The van der Waals surface area contributed by atoms with Gasteiger partial charge in [0.15, 0.2) is 17.3 Å². The molecule has 2 aliphatic rings. The second kappa shape index (κ2) is 9.62. The maximum absolute atomic E-state index is 12.9. The molecule has 38 heavy (non-hydrogen) atoms. The molecule has 3 aromatic rings. The smallest absolute Gasteiger partial charge is 0.350 e. The van der Waals surface area contributed by atoms with Crippen molar-refractivity contribution in [2.24, 2.45) is 7.05 Å². The minimum Gasteiger partial charge on any atom is -0.449 e. The minimum atomic E-state index is -0.611. The summed E-state index contributed by atoms with van der Waals surface area (Å²) in [6.45, 7) is 14.7. The zero-order valence-electron chi connectivity index (χ0n) is 23.4. The summed E-state index contributed by atoms with van der Waals surface area (Å²) in [5, 5.41) is 9.33. The van der Waals surface area contributed by atoms with Crippen LogP contribution < -0.4 is 20.1 Å². The number of aryl methyl sites for hydroxylation is 2. The van der Waals surface area contributed by atoms with E-state index in [1.807, 2.05) is 24.5 Å². The highest BCUT2D eigenvalue weighted by atomic mass is 16.7. The van der Waals surface area contributed by atoms with Crippen molar-refractivity contribution in [2.75, 3.05) is 18.0 Å². The van der Waals surface area contributed by atoms with Gasteiger partial charge < -0.3 is 18.9 Å². The Bertz CT molecular complexity index is 1470. The van der Waals surface area contributed by atoms with Crippen molar-refractivity contribution in [3.8, 4) is 17.6 Å². The van der Waals surface area contributed by atoms with Crippen LogP contribution in [-0.2, 0) is 20.0 Å². The Morgan fingerprint density at radius 3 is 2.58 bits per heavy atom. The fourth-order valence-electron chi connectivity index (χ4n) is 5.79. The predicted molar refractivity (Wildman–Crippen MR) is 146 cm³/mol. The average molecular weight is 520 g/mol. The number of nitriles is 1. The van der Waals surface area contributed by atoms with Crippen LogP contribution in [0.4, 0.5) is 5.82 Å². The van der Waals surface area contributed by atoms with Gasteiger partial charge in [-0.25, -0.2) is 9.78 Å². The van der Waals surface area contributed by atoms with Crippen LogP contribution in [-0.4, -0.2) is 55.0 Å². The van der Waals surface area contributed by atoms with Crippen molar-refractivity contribution in [3.05, 3.63) is 40.1 Å². The lowest BCUT2D eigenvalue weighted by molar-refractivity contribution is -0.0640. The van der Waals surface area contributed by atoms with Gasteiger partial charge in [-0.1, -0.05) is 13.0 Å². The molecule has 1 fully saturated rings. The number of hydrogen-bond acceptors (Lipinski definition) is 8. The van der Waals surface area contributed by atoms with Gasteiger partial charge in [-0.3, -0.25) is 9.47 Å². The van der Waals surface area contributed by atoms with Gasteiger partial charge in [0.1, 0.15) is 17.0 Å². The van der Waals surface area contributed by atoms with Crippen LogP contribution in [0, 0.1) is 11.3 Å². The zero-order chi connectivity index (χ0) is 27.4. The third-order valence-electron chi connectivity index (χ3n) is 8.14. The Morgan fingerprint density at radius 1 is 1.16 bits per heavy atom. The number of benzene rings is 1. The third-order valence-corrected chi connectivity index (χ3v) is 8.14. The largest absolute Gasteiger partial charge is 0.449 e. The Morgan fingerprint density at radius 2 is 1.89 bits per heavy atom. The van der Waals surface area contributed by atoms with E-state index in [0.29, 0.717) is 35.9 Å². The molecule has 2 unspecified atom stereocenters.